The summed E-state index contributed by atoms with van der Waals surface area (Å²) in [6, 6.07) is 4.48. The molecular weight excluding hydrogens is 405 g/mol. The fourth-order valence-electron chi connectivity index (χ4n) is 4.07. The first-order valence-electron chi connectivity index (χ1n) is 9.93. The van der Waals surface area contributed by atoms with Gasteiger partial charge < -0.3 is 9.64 Å². The van der Waals surface area contributed by atoms with Crippen molar-refractivity contribution in [2.45, 2.75) is 37.3 Å². The molecule has 2 aromatic rings. The average molecular weight is 431 g/mol. The minimum absolute atomic E-state index is 0.126. The molecular formula is C20H25N5O4S. The molecule has 2 aliphatic rings. The molecule has 1 aromatic carbocycles. The first-order valence-corrected chi connectivity index (χ1v) is 11.4. The van der Waals surface area contributed by atoms with Crippen molar-refractivity contribution in [2.24, 2.45) is 7.05 Å². The van der Waals surface area contributed by atoms with Crippen LogP contribution in [0.2, 0.25) is 0 Å². The van der Waals surface area contributed by atoms with Gasteiger partial charge in [-0.2, -0.15) is 4.31 Å². The van der Waals surface area contributed by atoms with Gasteiger partial charge in [0.1, 0.15) is 5.69 Å². The lowest BCUT2D eigenvalue weighted by Crippen LogP contribution is -2.38. The number of hydrogen-bond acceptors (Lipinski definition) is 7. The van der Waals surface area contributed by atoms with E-state index in [4.69, 9.17) is 4.74 Å². The number of rotatable bonds is 7. The van der Waals surface area contributed by atoms with E-state index in [1.165, 1.54) is 10.4 Å². The number of allylic oxidation sites excluding steroid dienone is 1. The maximum Gasteiger partial charge on any atom is 0.243 e. The third-order valence-electron chi connectivity index (χ3n) is 5.55. The Labute approximate surface area is 176 Å². The Morgan fingerprint density at radius 1 is 1.33 bits per heavy atom. The van der Waals surface area contributed by atoms with Crippen molar-refractivity contribution in [3.63, 3.8) is 0 Å². The third kappa shape index (κ3) is 3.55. The summed E-state index contributed by atoms with van der Waals surface area (Å²) < 4.78 is 35.4. The van der Waals surface area contributed by atoms with E-state index in [1.807, 2.05) is 6.92 Å². The zero-order valence-electron chi connectivity index (χ0n) is 17.1. The Morgan fingerprint density at radius 3 is 2.83 bits per heavy atom. The molecule has 0 bridgehead atoms. The smallest absolute Gasteiger partial charge is 0.243 e. The zero-order chi connectivity index (χ0) is 21.5. The Balaban J connectivity index is 1.51. The predicted molar refractivity (Wildman–Crippen MR) is 111 cm³/mol. The lowest BCUT2D eigenvalue weighted by molar-refractivity contribution is 0.0852. The molecule has 0 aliphatic carbocycles. The molecule has 0 radical (unpaired) electrons. The molecule has 160 valence electrons. The number of fused-ring (bicyclic) bond motifs is 1. The largest absolute Gasteiger partial charge is 0.373 e. The SMILES string of the molecule is C=C1C(=O)c2cc(S(=O)(=O)N3CCC[C@H]3COCc3cn([11CH3])nn3)ccc2N1CC. The van der Waals surface area contributed by atoms with Gasteiger partial charge in [-0.3, -0.25) is 9.48 Å². The maximum absolute atomic E-state index is 13.3. The maximum atomic E-state index is 13.3. The summed E-state index contributed by atoms with van der Waals surface area (Å²) in [7, 11) is -1.97. The van der Waals surface area contributed by atoms with E-state index in [-0.39, 0.29) is 29.9 Å². The van der Waals surface area contributed by atoms with Crippen LogP contribution in [0.4, 0.5) is 5.69 Å². The number of ketones is 1. The lowest BCUT2D eigenvalue weighted by atomic mass is 10.1. The van der Waals surface area contributed by atoms with E-state index in [0.29, 0.717) is 35.7 Å². The normalized spacial score (nSPS) is 19.7. The van der Waals surface area contributed by atoms with Gasteiger partial charge in [0, 0.05) is 31.7 Å². The highest BCUT2D eigenvalue weighted by molar-refractivity contribution is 7.89. The van der Waals surface area contributed by atoms with E-state index < -0.39 is 10.0 Å². The number of nitrogens with zero attached hydrogens (tertiary/aromatic N) is 5. The summed E-state index contributed by atoms with van der Waals surface area (Å²) >= 11 is 0. The highest BCUT2D eigenvalue weighted by Crippen LogP contribution is 2.36. The molecule has 1 aromatic heterocycles. The highest BCUT2D eigenvalue weighted by Gasteiger charge is 2.37. The number of sulfonamides is 1. The van der Waals surface area contributed by atoms with Crippen LogP contribution in [0.25, 0.3) is 0 Å². The van der Waals surface area contributed by atoms with Crippen molar-refractivity contribution in [1.82, 2.24) is 19.3 Å². The number of anilines is 1. The van der Waals surface area contributed by atoms with Crippen LogP contribution in [0.15, 0.2) is 41.6 Å². The van der Waals surface area contributed by atoms with E-state index in [9.17, 15) is 13.2 Å². The van der Waals surface area contributed by atoms with Gasteiger partial charge in [-0.1, -0.05) is 11.8 Å². The third-order valence-corrected chi connectivity index (χ3v) is 7.50. The van der Waals surface area contributed by atoms with Crippen molar-refractivity contribution in [1.29, 1.82) is 0 Å². The first kappa shape index (κ1) is 20.7. The van der Waals surface area contributed by atoms with Crippen LogP contribution in [0.3, 0.4) is 0 Å². The number of carbonyl (C=O) groups excluding carboxylic acids is 1. The predicted octanol–water partition coefficient (Wildman–Crippen LogP) is 1.72. The molecule has 1 saturated heterocycles. The number of benzene rings is 1. The number of aryl methyl sites for hydroxylation is 1. The summed E-state index contributed by atoms with van der Waals surface area (Å²) in [4.78, 5) is 14.5. The molecule has 10 heteroatoms. The molecule has 1 fully saturated rings. The Hall–Kier alpha value is -2.56. The van der Waals surface area contributed by atoms with Crippen molar-refractivity contribution in [3.05, 3.63) is 47.9 Å². The molecule has 0 amide bonds. The number of aromatic nitrogens is 3. The van der Waals surface area contributed by atoms with Crippen molar-refractivity contribution in [2.75, 3.05) is 24.6 Å². The van der Waals surface area contributed by atoms with Crippen LogP contribution in [0.5, 0.6) is 0 Å². The number of Topliss-reactive ketones (excluding diaryl/α,β-unsaturated/α-hetero) is 1. The monoisotopic (exact) mass is 430 g/mol. The van der Waals surface area contributed by atoms with Crippen LogP contribution in [-0.2, 0) is 28.4 Å². The number of carbonyl (C=O) groups is 1. The molecule has 0 saturated carbocycles. The molecule has 0 N–H and O–H groups in total. The quantitative estimate of drug-likeness (QED) is 0.617. The van der Waals surface area contributed by atoms with E-state index in [0.717, 1.165) is 12.8 Å². The van der Waals surface area contributed by atoms with Gasteiger partial charge in [-0.15, -0.1) is 5.10 Å². The first-order chi connectivity index (χ1) is 14.3. The second-order valence-corrected chi connectivity index (χ2v) is 9.40. The Bertz CT molecular complexity index is 1090. The molecule has 1 atom stereocenters. The molecule has 3 heterocycles. The Kier molecular flexibility index (Phi) is 5.48. The van der Waals surface area contributed by atoms with Crippen LogP contribution < -0.4 is 4.90 Å². The fourth-order valence-corrected chi connectivity index (χ4v) is 5.77. The van der Waals surface area contributed by atoms with E-state index in [2.05, 4.69) is 16.9 Å². The van der Waals surface area contributed by atoms with Crippen LogP contribution in [0, 0.1) is 0 Å². The van der Waals surface area contributed by atoms with E-state index in [1.54, 1.807) is 35.0 Å². The fraction of sp³-hybridized carbons (Fsp3) is 0.450. The molecule has 0 spiro atoms. The van der Waals surface area contributed by atoms with Gasteiger partial charge in [0.25, 0.3) is 0 Å². The summed E-state index contributed by atoms with van der Waals surface area (Å²) in [5.74, 6) is -0.228. The van der Waals surface area contributed by atoms with Gasteiger partial charge in [-0.25, -0.2) is 8.42 Å². The molecule has 30 heavy (non-hydrogen) atoms. The van der Waals surface area contributed by atoms with Gasteiger partial charge in [0.05, 0.1) is 35.7 Å². The summed E-state index contributed by atoms with van der Waals surface area (Å²) in [5, 5.41) is 7.82. The van der Waals surface area contributed by atoms with Crippen molar-refractivity contribution in [3.8, 4) is 0 Å². The second kappa shape index (κ2) is 7.93. The number of ether oxygens (including phenoxy) is 1. The minimum Gasteiger partial charge on any atom is -0.373 e. The number of likely N-dealkylation sites (N-methyl/N-ethyl adjacent to an activating group) is 1. The minimum atomic E-state index is -3.74. The standard InChI is InChI=1S/C20H25N5O4S/c1-4-24-14(2)20(26)18-10-17(7-8-19(18)24)30(27,28)25-9-5-6-16(25)13-29-12-15-11-23(3)22-21-15/h7-8,10-11,16H,2,4-6,9,12-13H2,1,3H3/t16-/m0/s1/i3-1. The average Bonchev–Trinajstić information content (AvgIpc) is 3.42. The van der Waals surface area contributed by atoms with Crippen molar-refractivity contribution >= 4 is 21.5 Å². The zero-order valence-corrected chi connectivity index (χ0v) is 17.9. The van der Waals surface area contributed by atoms with Crippen LogP contribution in [-0.4, -0.2) is 59.2 Å². The second-order valence-electron chi connectivity index (χ2n) is 7.51. The summed E-state index contributed by atoms with van der Waals surface area (Å²) in [6.45, 7) is 7.34. The highest BCUT2D eigenvalue weighted by atomic mass is 32.2. The van der Waals surface area contributed by atoms with Crippen LogP contribution in [0.1, 0.15) is 35.8 Å². The van der Waals surface area contributed by atoms with Crippen molar-refractivity contribution < 1.29 is 17.9 Å². The van der Waals surface area contributed by atoms with Gasteiger partial charge in [0.15, 0.2) is 0 Å². The topological polar surface area (TPSA) is 97.6 Å². The summed E-state index contributed by atoms with van der Waals surface area (Å²) in [6.07, 6.45) is 3.25. The number of hydrogen-bond donors (Lipinski definition) is 0. The van der Waals surface area contributed by atoms with Gasteiger partial charge in [-0.05, 0) is 38.0 Å². The molecule has 4 rings (SSSR count). The Morgan fingerprint density at radius 2 is 2.13 bits per heavy atom. The van der Waals surface area contributed by atoms with Gasteiger partial charge >= 0.3 is 0 Å². The summed E-state index contributed by atoms with van der Waals surface area (Å²) in [5.41, 5.74) is 2.16. The van der Waals surface area contributed by atoms with E-state index >= 15 is 0 Å². The van der Waals surface area contributed by atoms with Crippen LogP contribution >= 0.6 is 0 Å². The molecule has 2 aliphatic heterocycles. The molecule has 0 unspecified atom stereocenters. The molecule has 9 nitrogen and oxygen atoms in total. The lowest BCUT2D eigenvalue weighted by Gasteiger charge is -2.24. The van der Waals surface area contributed by atoms with Gasteiger partial charge in [0.2, 0.25) is 15.8 Å².